The fourth-order valence-electron chi connectivity index (χ4n) is 0.679. The molecule has 0 fully saturated rings. The predicted octanol–water partition coefficient (Wildman–Crippen LogP) is -1.90. The molecule has 0 aliphatic heterocycles. The Balaban J connectivity index is 2.96. The molecule has 0 saturated carbocycles. The summed E-state index contributed by atoms with van der Waals surface area (Å²) in [7, 11) is 0. The van der Waals surface area contributed by atoms with E-state index in [0.29, 0.717) is 0 Å². The average Bonchev–Trinajstić information content (AvgIpc) is 1.96. The Bertz CT molecular complexity index is 136. The second kappa shape index (κ2) is 7.78. The Labute approximate surface area is 72.7 Å². The van der Waals surface area contributed by atoms with Gasteiger partial charge >= 0.3 is 5.91 Å². The molecule has 0 radical (unpaired) electrons. The van der Waals surface area contributed by atoms with Gasteiger partial charge in [-0.2, -0.15) is 12.6 Å². The predicted molar refractivity (Wildman–Crippen MR) is 47.3 cm³/mol. The largest absolute Gasteiger partial charge is 0.338 e. The molecule has 0 unspecified atom stereocenters. The summed E-state index contributed by atoms with van der Waals surface area (Å²) >= 11 is 3.92. The van der Waals surface area contributed by atoms with Gasteiger partial charge in [-0.25, -0.2) is 4.79 Å². The van der Waals surface area contributed by atoms with Crippen LogP contribution >= 0.6 is 12.6 Å². The molecule has 1 amide bonds. The van der Waals surface area contributed by atoms with Gasteiger partial charge < -0.3 is 5.32 Å². The summed E-state index contributed by atoms with van der Waals surface area (Å²) in [6.45, 7) is 4.34. The highest BCUT2D eigenvalue weighted by Crippen LogP contribution is 1.69. The van der Waals surface area contributed by atoms with E-state index in [0.717, 1.165) is 19.6 Å². The van der Waals surface area contributed by atoms with E-state index in [1.807, 2.05) is 6.08 Å². The van der Waals surface area contributed by atoms with Crippen LogP contribution in [0.2, 0.25) is 0 Å². The van der Waals surface area contributed by atoms with Crippen molar-refractivity contribution < 1.29 is 15.4 Å². The maximum absolute atomic E-state index is 10.4. The summed E-state index contributed by atoms with van der Waals surface area (Å²) in [6.07, 6.45) is 1.97. The van der Waals surface area contributed by atoms with Gasteiger partial charge in [-0.3, -0.25) is 5.32 Å². The molecule has 0 heterocycles. The molecule has 64 valence electrons. The van der Waals surface area contributed by atoms with E-state index in [-0.39, 0.29) is 5.91 Å². The molecule has 0 rings (SSSR count). The Kier molecular flexibility index (Phi) is 7.56. The lowest BCUT2D eigenvalue weighted by Crippen LogP contribution is -2.96. The average molecular weight is 176 g/mol. The molecule has 0 aromatic rings. The minimum absolute atomic E-state index is 0.156. The molecule has 0 spiro atoms. The molecule has 0 atom stereocenters. The lowest BCUT2D eigenvalue weighted by atomic mass is 10.5. The smallest absolute Gasteiger partial charge is 0.307 e. The standard InChI is InChI=1S/C7H14N2OS/c1-7(10)9-5-4-8-3-2-6-11/h2,6,8,11H,3-5H2,1H3,(H,9,10)/p+2. The number of nitrogens with two attached hydrogens (primary N) is 2. The van der Waals surface area contributed by atoms with Crippen LogP contribution < -0.4 is 10.6 Å². The summed E-state index contributed by atoms with van der Waals surface area (Å²) in [6, 6.07) is 0. The Hall–Kier alpha value is -0.320. The van der Waals surface area contributed by atoms with Crippen LogP contribution in [-0.2, 0) is 4.79 Å². The number of quaternary nitrogens is 2. The molecule has 0 aromatic heterocycles. The van der Waals surface area contributed by atoms with Gasteiger partial charge in [-0.1, -0.05) is 0 Å². The molecular weight excluding hydrogens is 160 g/mol. The quantitative estimate of drug-likeness (QED) is 0.333. The molecule has 0 aliphatic carbocycles. The van der Waals surface area contributed by atoms with Crippen LogP contribution in [0.4, 0.5) is 0 Å². The maximum atomic E-state index is 10.4. The van der Waals surface area contributed by atoms with E-state index in [4.69, 9.17) is 0 Å². The Morgan fingerprint density at radius 3 is 2.82 bits per heavy atom. The summed E-state index contributed by atoms with van der Waals surface area (Å²) < 4.78 is 0. The SMILES string of the molecule is CC(=O)[NH2+]CC[NH2+]CC=CS. The first-order valence-electron chi connectivity index (χ1n) is 3.72. The molecule has 0 aliphatic rings. The zero-order valence-corrected chi connectivity index (χ0v) is 7.68. The monoisotopic (exact) mass is 176 g/mol. The van der Waals surface area contributed by atoms with Crippen molar-refractivity contribution in [1.29, 1.82) is 0 Å². The number of carbonyl (C=O) groups excluding carboxylic acids is 1. The fourth-order valence-corrected chi connectivity index (χ4v) is 0.801. The van der Waals surface area contributed by atoms with Crippen LogP contribution in [0, 0.1) is 0 Å². The highest BCUT2D eigenvalue weighted by atomic mass is 32.1. The van der Waals surface area contributed by atoms with Crippen LogP contribution in [0.25, 0.3) is 0 Å². The van der Waals surface area contributed by atoms with Crippen LogP contribution in [0.1, 0.15) is 6.92 Å². The minimum atomic E-state index is 0.156. The van der Waals surface area contributed by atoms with E-state index >= 15 is 0 Å². The van der Waals surface area contributed by atoms with Crippen molar-refractivity contribution in [1.82, 2.24) is 0 Å². The molecule has 3 nitrogen and oxygen atoms in total. The number of thiol groups is 1. The molecule has 0 aromatic carbocycles. The zero-order chi connectivity index (χ0) is 8.53. The van der Waals surface area contributed by atoms with Crippen LogP contribution in [0.3, 0.4) is 0 Å². The van der Waals surface area contributed by atoms with Crippen molar-refractivity contribution in [2.75, 3.05) is 19.6 Å². The zero-order valence-electron chi connectivity index (χ0n) is 6.79. The van der Waals surface area contributed by atoms with Crippen LogP contribution in [0.15, 0.2) is 11.5 Å². The molecule has 4 N–H and O–H groups in total. The van der Waals surface area contributed by atoms with E-state index in [9.17, 15) is 4.79 Å². The summed E-state index contributed by atoms with van der Waals surface area (Å²) in [5.41, 5.74) is 0. The third kappa shape index (κ3) is 9.68. The van der Waals surface area contributed by atoms with Crippen molar-refractivity contribution in [3.8, 4) is 0 Å². The minimum Gasteiger partial charge on any atom is -0.338 e. The highest BCUT2D eigenvalue weighted by Gasteiger charge is 1.95. The summed E-state index contributed by atoms with van der Waals surface area (Å²) in [5, 5.41) is 5.57. The molecule has 0 saturated heterocycles. The van der Waals surface area contributed by atoms with Gasteiger partial charge in [0.05, 0.1) is 13.5 Å². The fraction of sp³-hybridized carbons (Fsp3) is 0.571. The Morgan fingerprint density at radius 2 is 2.27 bits per heavy atom. The van der Waals surface area contributed by atoms with E-state index in [1.165, 1.54) is 0 Å². The number of primary amides is 1. The normalized spacial score (nSPS) is 10.7. The Morgan fingerprint density at radius 1 is 1.55 bits per heavy atom. The highest BCUT2D eigenvalue weighted by molar-refractivity contribution is 7.83. The number of amides is 1. The lowest BCUT2D eigenvalue weighted by Gasteiger charge is -1.94. The third-order valence-corrected chi connectivity index (χ3v) is 1.42. The van der Waals surface area contributed by atoms with Gasteiger partial charge in [0.1, 0.15) is 13.1 Å². The summed E-state index contributed by atoms with van der Waals surface area (Å²) in [4.78, 5) is 10.4. The van der Waals surface area contributed by atoms with Gasteiger partial charge in [-0.15, -0.1) is 0 Å². The van der Waals surface area contributed by atoms with E-state index in [2.05, 4.69) is 17.9 Å². The summed E-state index contributed by atoms with van der Waals surface area (Å²) in [5.74, 6) is 0.156. The van der Waals surface area contributed by atoms with Gasteiger partial charge in [0.2, 0.25) is 0 Å². The number of hydrogen-bond acceptors (Lipinski definition) is 2. The van der Waals surface area contributed by atoms with Crippen molar-refractivity contribution in [2.24, 2.45) is 0 Å². The van der Waals surface area contributed by atoms with Crippen molar-refractivity contribution >= 4 is 18.5 Å². The third-order valence-electron chi connectivity index (χ3n) is 1.21. The van der Waals surface area contributed by atoms with E-state index < -0.39 is 0 Å². The molecule has 0 bridgehead atoms. The lowest BCUT2D eigenvalue weighted by molar-refractivity contribution is -0.686. The first-order chi connectivity index (χ1) is 5.27. The second-order valence-electron chi connectivity index (χ2n) is 2.30. The number of hydrogen-bond donors (Lipinski definition) is 3. The first kappa shape index (κ1) is 10.7. The van der Waals surface area contributed by atoms with Crippen LogP contribution in [0.5, 0.6) is 0 Å². The van der Waals surface area contributed by atoms with Gasteiger partial charge in [0, 0.05) is 0 Å². The van der Waals surface area contributed by atoms with Crippen molar-refractivity contribution in [2.45, 2.75) is 6.92 Å². The van der Waals surface area contributed by atoms with Gasteiger partial charge in [0.25, 0.3) is 0 Å². The maximum Gasteiger partial charge on any atom is 0.307 e. The van der Waals surface area contributed by atoms with Gasteiger partial charge in [0.15, 0.2) is 0 Å². The topological polar surface area (TPSA) is 50.3 Å². The van der Waals surface area contributed by atoms with Crippen molar-refractivity contribution in [3.05, 3.63) is 11.5 Å². The van der Waals surface area contributed by atoms with Gasteiger partial charge in [-0.05, 0) is 11.5 Å². The van der Waals surface area contributed by atoms with Crippen LogP contribution in [-0.4, -0.2) is 25.5 Å². The number of carbonyl (C=O) groups is 1. The van der Waals surface area contributed by atoms with E-state index in [1.54, 1.807) is 17.6 Å². The molecule has 11 heavy (non-hydrogen) atoms. The second-order valence-corrected chi connectivity index (χ2v) is 2.60. The molecular formula is C7H16N2OS+2. The molecule has 4 heteroatoms. The first-order valence-corrected chi connectivity index (χ1v) is 4.23. The number of rotatable bonds is 5. The van der Waals surface area contributed by atoms with Crippen molar-refractivity contribution in [3.63, 3.8) is 0 Å².